The highest BCUT2D eigenvalue weighted by Crippen LogP contribution is 2.34. The Morgan fingerprint density at radius 1 is 1.06 bits per heavy atom. The van der Waals surface area contributed by atoms with Gasteiger partial charge in [0, 0.05) is 17.1 Å². The predicted octanol–water partition coefficient (Wildman–Crippen LogP) is 4.55. The van der Waals surface area contributed by atoms with Gasteiger partial charge in [0.25, 0.3) is 0 Å². The number of aryl methyl sites for hydroxylation is 1. The van der Waals surface area contributed by atoms with Gasteiger partial charge in [-0.2, -0.15) is 0 Å². The fourth-order valence-corrected chi connectivity index (χ4v) is 2.16. The van der Waals surface area contributed by atoms with Gasteiger partial charge < -0.3 is 10.5 Å². The van der Waals surface area contributed by atoms with E-state index in [1.165, 1.54) is 0 Å². The van der Waals surface area contributed by atoms with Gasteiger partial charge >= 0.3 is 0 Å². The van der Waals surface area contributed by atoms with Gasteiger partial charge in [-0.15, -0.1) is 0 Å². The second kappa shape index (κ2) is 5.61. The Hall–Kier alpha value is -1.22. The van der Waals surface area contributed by atoms with E-state index in [1.807, 2.05) is 37.3 Å². The number of hydrogen-bond donors (Lipinski definition) is 1. The van der Waals surface area contributed by atoms with Gasteiger partial charge in [-0.05, 0) is 36.8 Å². The van der Waals surface area contributed by atoms with Gasteiger partial charge in [-0.3, -0.25) is 0 Å². The molecule has 94 valence electrons. The van der Waals surface area contributed by atoms with Crippen molar-refractivity contribution in [2.24, 2.45) is 5.73 Å². The van der Waals surface area contributed by atoms with Crippen LogP contribution in [0.15, 0.2) is 36.4 Å². The Morgan fingerprint density at radius 3 is 2.50 bits per heavy atom. The third kappa shape index (κ3) is 2.78. The largest absolute Gasteiger partial charge is 0.455 e. The molecule has 0 aliphatic heterocycles. The lowest BCUT2D eigenvalue weighted by molar-refractivity contribution is 0.476. The maximum atomic E-state index is 6.13. The van der Waals surface area contributed by atoms with Crippen LogP contribution in [0.3, 0.4) is 0 Å². The first-order chi connectivity index (χ1) is 8.61. The molecule has 0 amide bonds. The summed E-state index contributed by atoms with van der Waals surface area (Å²) in [6.45, 7) is 2.29. The van der Waals surface area contributed by atoms with Crippen molar-refractivity contribution >= 4 is 23.2 Å². The summed E-state index contributed by atoms with van der Waals surface area (Å²) in [5, 5.41) is 1.16. The monoisotopic (exact) mass is 281 g/mol. The minimum Gasteiger partial charge on any atom is -0.455 e. The molecule has 0 spiro atoms. The molecule has 0 saturated carbocycles. The summed E-state index contributed by atoms with van der Waals surface area (Å²) < 4.78 is 5.77. The van der Waals surface area contributed by atoms with Crippen LogP contribution in [0.1, 0.15) is 11.1 Å². The summed E-state index contributed by atoms with van der Waals surface area (Å²) >= 11 is 12.2. The molecule has 2 rings (SSSR count). The van der Waals surface area contributed by atoms with Crippen LogP contribution in [0, 0.1) is 6.92 Å². The zero-order valence-electron chi connectivity index (χ0n) is 9.91. The van der Waals surface area contributed by atoms with Gasteiger partial charge in [-0.25, -0.2) is 0 Å². The van der Waals surface area contributed by atoms with Crippen molar-refractivity contribution in [1.82, 2.24) is 0 Å². The third-order valence-electron chi connectivity index (χ3n) is 2.59. The molecule has 2 N–H and O–H groups in total. The fourth-order valence-electron chi connectivity index (χ4n) is 1.64. The molecule has 0 saturated heterocycles. The predicted molar refractivity (Wildman–Crippen MR) is 75.6 cm³/mol. The highest BCUT2D eigenvalue weighted by molar-refractivity contribution is 6.32. The maximum absolute atomic E-state index is 6.13. The van der Waals surface area contributed by atoms with E-state index >= 15 is 0 Å². The number of halogens is 2. The van der Waals surface area contributed by atoms with E-state index in [4.69, 9.17) is 33.7 Å². The average molecular weight is 282 g/mol. The molecule has 2 nitrogen and oxygen atoms in total. The summed E-state index contributed by atoms with van der Waals surface area (Å²) in [6, 6.07) is 11.0. The molecule has 0 aliphatic carbocycles. The van der Waals surface area contributed by atoms with E-state index in [1.54, 1.807) is 6.07 Å². The first-order valence-corrected chi connectivity index (χ1v) is 6.29. The summed E-state index contributed by atoms with van der Waals surface area (Å²) in [5.74, 6) is 1.23. The van der Waals surface area contributed by atoms with Crippen LogP contribution in [-0.4, -0.2) is 0 Å². The highest BCUT2D eigenvalue weighted by Gasteiger charge is 2.09. The van der Waals surface area contributed by atoms with Crippen molar-refractivity contribution in [3.8, 4) is 11.5 Å². The average Bonchev–Trinajstić information content (AvgIpc) is 2.33. The first kappa shape index (κ1) is 13.2. The lowest BCUT2D eigenvalue weighted by Crippen LogP contribution is -2.00. The normalized spacial score (nSPS) is 10.4. The van der Waals surface area contributed by atoms with Crippen molar-refractivity contribution in [3.63, 3.8) is 0 Å². The van der Waals surface area contributed by atoms with E-state index in [0.29, 0.717) is 28.1 Å². The van der Waals surface area contributed by atoms with Crippen LogP contribution in [0.25, 0.3) is 0 Å². The minimum atomic E-state index is 0.318. The molecule has 0 radical (unpaired) electrons. The zero-order chi connectivity index (χ0) is 13.1. The van der Waals surface area contributed by atoms with Gasteiger partial charge in [0.15, 0.2) is 0 Å². The van der Waals surface area contributed by atoms with Crippen LogP contribution in [0.4, 0.5) is 0 Å². The second-order valence-electron chi connectivity index (χ2n) is 3.96. The van der Waals surface area contributed by atoms with Gasteiger partial charge in [-0.1, -0.05) is 35.3 Å². The molecule has 18 heavy (non-hydrogen) atoms. The van der Waals surface area contributed by atoms with Crippen LogP contribution in [-0.2, 0) is 6.54 Å². The Labute approximate surface area is 116 Å². The molecule has 0 bridgehead atoms. The summed E-state index contributed by atoms with van der Waals surface area (Å²) in [7, 11) is 0. The standard InChI is InChI=1S/C14H13Cl2NO/c1-9-5-6-14(12(16)7-9)18-13-4-2-3-11(15)10(13)8-17/h2-7H,8,17H2,1H3. The number of rotatable bonds is 3. The van der Waals surface area contributed by atoms with E-state index in [-0.39, 0.29) is 0 Å². The molecule has 0 heterocycles. The number of hydrogen-bond acceptors (Lipinski definition) is 2. The molecule has 2 aromatic carbocycles. The number of benzene rings is 2. The Kier molecular flexibility index (Phi) is 4.12. The molecule has 0 unspecified atom stereocenters. The van der Waals surface area contributed by atoms with Crippen LogP contribution >= 0.6 is 23.2 Å². The quantitative estimate of drug-likeness (QED) is 0.896. The molecule has 2 aromatic rings. The van der Waals surface area contributed by atoms with Gasteiger partial charge in [0.05, 0.1) is 5.02 Å². The Balaban J connectivity index is 2.37. The molecule has 0 aromatic heterocycles. The summed E-state index contributed by atoms with van der Waals surface area (Å²) in [6.07, 6.45) is 0. The van der Waals surface area contributed by atoms with Crippen molar-refractivity contribution in [3.05, 3.63) is 57.6 Å². The Bertz CT molecular complexity index is 570. The molecule has 4 heteroatoms. The zero-order valence-corrected chi connectivity index (χ0v) is 11.4. The van der Waals surface area contributed by atoms with Crippen LogP contribution in [0.2, 0.25) is 10.0 Å². The lowest BCUT2D eigenvalue weighted by atomic mass is 10.2. The van der Waals surface area contributed by atoms with Gasteiger partial charge in [0.1, 0.15) is 11.5 Å². The van der Waals surface area contributed by atoms with E-state index < -0.39 is 0 Å². The van der Waals surface area contributed by atoms with Crippen molar-refractivity contribution < 1.29 is 4.74 Å². The SMILES string of the molecule is Cc1ccc(Oc2cccc(Cl)c2CN)c(Cl)c1. The van der Waals surface area contributed by atoms with Crippen LogP contribution < -0.4 is 10.5 Å². The smallest absolute Gasteiger partial charge is 0.146 e. The second-order valence-corrected chi connectivity index (χ2v) is 4.77. The van der Waals surface area contributed by atoms with Crippen molar-refractivity contribution in [2.75, 3.05) is 0 Å². The molecular formula is C14H13Cl2NO. The molecule has 0 atom stereocenters. The number of ether oxygens (including phenoxy) is 1. The molecule has 0 fully saturated rings. The number of nitrogens with two attached hydrogens (primary N) is 1. The first-order valence-electron chi connectivity index (χ1n) is 5.53. The topological polar surface area (TPSA) is 35.2 Å². The Morgan fingerprint density at radius 2 is 1.83 bits per heavy atom. The fraction of sp³-hybridized carbons (Fsp3) is 0.143. The van der Waals surface area contributed by atoms with E-state index in [9.17, 15) is 0 Å². The summed E-state index contributed by atoms with van der Waals surface area (Å²) in [5.41, 5.74) is 7.52. The third-order valence-corrected chi connectivity index (χ3v) is 3.24. The highest BCUT2D eigenvalue weighted by atomic mass is 35.5. The van der Waals surface area contributed by atoms with Crippen molar-refractivity contribution in [2.45, 2.75) is 13.5 Å². The van der Waals surface area contributed by atoms with Gasteiger partial charge in [0.2, 0.25) is 0 Å². The lowest BCUT2D eigenvalue weighted by Gasteiger charge is -2.12. The minimum absolute atomic E-state index is 0.318. The molecule has 0 aliphatic rings. The maximum Gasteiger partial charge on any atom is 0.146 e. The molecular weight excluding hydrogens is 269 g/mol. The van der Waals surface area contributed by atoms with E-state index in [2.05, 4.69) is 0 Å². The van der Waals surface area contributed by atoms with Crippen molar-refractivity contribution in [1.29, 1.82) is 0 Å². The van der Waals surface area contributed by atoms with Crippen LogP contribution in [0.5, 0.6) is 11.5 Å². The summed E-state index contributed by atoms with van der Waals surface area (Å²) in [4.78, 5) is 0. The van der Waals surface area contributed by atoms with E-state index in [0.717, 1.165) is 11.1 Å².